The fraction of sp³-hybridized carbons (Fsp3) is 0.214. The van der Waals surface area contributed by atoms with E-state index in [0.29, 0.717) is 12.2 Å². The van der Waals surface area contributed by atoms with E-state index in [1.807, 2.05) is 12.1 Å². The maximum Gasteiger partial charge on any atom is 0.267 e. The lowest BCUT2D eigenvalue weighted by atomic mass is 9.94. The summed E-state index contributed by atoms with van der Waals surface area (Å²) in [4.78, 5) is 19.8. The summed E-state index contributed by atoms with van der Waals surface area (Å²) in [5, 5.41) is 3.26. The van der Waals surface area contributed by atoms with Crippen molar-refractivity contribution in [2.75, 3.05) is 6.54 Å². The Hall–Kier alpha value is -2.27. The molecule has 1 aliphatic heterocycles. The number of nitrogens with one attached hydrogen (secondary N) is 1. The van der Waals surface area contributed by atoms with Gasteiger partial charge >= 0.3 is 0 Å². The van der Waals surface area contributed by atoms with E-state index in [1.165, 1.54) is 5.56 Å². The molecule has 0 aromatic carbocycles. The maximum atomic E-state index is 11.4. The molecule has 0 aliphatic carbocycles. The van der Waals surface area contributed by atoms with Crippen LogP contribution in [0.2, 0.25) is 0 Å². The number of carbonyl (C=O) groups is 1. The fourth-order valence-electron chi connectivity index (χ4n) is 2.39. The van der Waals surface area contributed by atoms with Gasteiger partial charge in [-0.2, -0.15) is 0 Å². The number of rotatable bonds is 2. The SMILES string of the molecule is NC(=O)c1cc(-c2ccncc2)c2c(n1)CNCC2. The molecule has 0 unspecified atom stereocenters. The van der Waals surface area contributed by atoms with Crippen LogP contribution < -0.4 is 11.1 Å². The van der Waals surface area contributed by atoms with Crippen LogP contribution in [0.3, 0.4) is 0 Å². The zero-order chi connectivity index (χ0) is 13.2. The number of primary amides is 1. The number of carbonyl (C=O) groups excluding carboxylic acids is 1. The zero-order valence-electron chi connectivity index (χ0n) is 10.4. The highest BCUT2D eigenvalue weighted by molar-refractivity contribution is 5.92. The number of hydrogen-bond acceptors (Lipinski definition) is 4. The van der Waals surface area contributed by atoms with E-state index < -0.39 is 5.91 Å². The van der Waals surface area contributed by atoms with Crippen molar-refractivity contribution in [1.82, 2.24) is 15.3 Å². The standard InChI is InChI=1S/C14H14N4O/c15-14(19)12-7-11(9-1-4-16-5-2-9)10-3-6-17-8-13(10)18-12/h1-2,4-5,7,17H,3,6,8H2,(H2,15,19). The monoisotopic (exact) mass is 254 g/mol. The van der Waals surface area contributed by atoms with Gasteiger partial charge in [0.2, 0.25) is 0 Å². The number of nitrogens with zero attached hydrogens (tertiary/aromatic N) is 2. The van der Waals surface area contributed by atoms with Gasteiger partial charge in [-0.05, 0) is 47.9 Å². The topological polar surface area (TPSA) is 80.9 Å². The van der Waals surface area contributed by atoms with E-state index in [1.54, 1.807) is 18.5 Å². The lowest BCUT2D eigenvalue weighted by Crippen LogP contribution is -2.27. The third-order valence-corrected chi connectivity index (χ3v) is 3.30. The minimum Gasteiger partial charge on any atom is -0.364 e. The highest BCUT2D eigenvalue weighted by atomic mass is 16.1. The van der Waals surface area contributed by atoms with Crippen molar-refractivity contribution < 1.29 is 4.79 Å². The first kappa shape index (κ1) is 11.8. The Kier molecular flexibility index (Phi) is 2.97. The smallest absolute Gasteiger partial charge is 0.267 e. The third kappa shape index (κ3) is 2.20. The molecule has 5 heteroatoms. The molecular weight excluding hydrogens is 240 g/mol. The van der Waals surface area contributed by atoms with Gasteiger partial charge in [-0.25, -0.2) is 4.98 Å². The predicted octanol–water partition coefficient (Wildman–Crippen LogP) is 0.888. The molecule has 3 heterocycles. The molecule has 0 fully saturated rings. The molecule has 0 saturated carbocycles. The second-order valence-corrected chi connectivity index (χ2v) is 4.51. The van der Waals surface area contributed by atoms with Gasteiger partial charge in [0.05, 0.1) is 5.69 Å². The molecular formula is C14H14N4O. The number of amides is 1. The van der Waals surface area contributed by atoms with Crippen molar-refractivity contribution in [1.29, 1.82) is 0 Å². The molecule has 1 amide bonds. The summed E-state index contributed by atoms with van der Waals surface area (Å²) in [5.74, 6) is -0.497. The Bertz CT molecular complexity index is 625. The van der Waals surface area contributed by atoms with Crippen molar-refractivity contribution >= 4 is 5.91 Å². The average Bonchev–Trinajstić information content (AvgIpc) is 2.47. The Morgan fingerprint density at radius 2 is 2.11 bits per heavy atom. The lowest BCUT2D eigenvalue weighted by molar-refractivity contribution is 0.0995. The normalized spacial score (nSPS) is 13.9. The number of fused-ring (bicyclic) bond motifs is 1. The van der Waals surface area contributed by atoms with E-state index in [-0.39, 0.29) is 0 Å². The number of aromatic nitrogens is 2. The quantitative estimate of drug-likeness (QED) is 0.834. The van der Waals surface area contributed by atoms with E-state index in [4.69, 9.17) is 5.73 Å². The highest BCUT2D eigenvalue weighted by Crippen LogP contribution is 2.28. The van der Waals surface area contributed by atoms with E-state index >= 15 is 0 Å². The van der Waals surface area contributed by atoms with Crippen molar-refractivity contribution in [2.45, 2.75) is 13.0 Å². The van der Waals surface area contributed by atoms with Gasteiger partial charge in [-0.15, -0.1) is 0 Å². The number of pyridine rings is 2. The molecule has 1 aliphatic rings. The minimum absolute atomic E-state index is 0.314. The first-order valence-corrected chi connectivity index (χ1v) is 6.19. The average molecular weight is 254 g/mol. The summed E-state index contributed by atoms with van der Waals surface area (Å²) in [6, 6.07) is 5.65. The van der Waals surface area contributed by atoms with Gasteiger partial charge in [-0.3, -0.25) is 9.78 Å². The Morgan fingerprint density at radius 1 is 1.32 bits per heavy atom. The molecule has 2 aromatic heterocycles. The van der Waals surface area contributed by atoms with Crippen LogP contribution in [0, 0.1) is 0 Å². The van der Waals surface area contributed by atoms with Crippen LogP contribution in [0.25, 0.3) is 11.1 Å². The van der Waals surface area contributed by atoms with Crippen molar-refractivity contribution in [3.8, 4) is 11.1 Å². The minimum atomic E-state index is -0.497. The predicted molar refractivity (Wildman–Crippen MR) is 71.4 cm³/mol. The van der Waals surface area contributed by atoms with Gasteiger partial charge < -0.3 is 11.1 Å². The largest absolute Gasteiger partial charge is 0.364 e. The van der Waals surface area contributed by atoms with Crippen LogP contribution in [-0.4, -0.2) is 22.4 Å². The number of nitrogens with two attached hydrogens (primary N) is 1. The van der Waals surface area contributed by atoms with Crippen LogP contribution in [-0.2, 0) is 13.0 Å². The van der Waals surface area contributed by atoms with Crippen molar-refractivity contribution in [2.24, 2.45) is 5.73 Å². The van der Waals surface area contributed by atoms with Crippen LogP contribution in [0.1, 0.15) is 21.7 Å². The summed E-state index contributed by atoms with van der Waals surface area (Å²) in [5.41, 5.74) is 9.85. The van der Waals surface area contributed by atoms with Gasteiger partial charge in [-0.1, -0.05) is 0 Å². The molecule has 96 valence electrons. The van der Waals surface area contributed by atoms with Gasteiger partial charge in [0.15, 0.2) is 0 Å². The highest BCUT2D eigenvalue weighted by Gasteiger charge is 2.18. The second-order valence-electron chi connectivity index (χ2n) is 4.51. The van der Waals surface area contributed by atoms with Crippen LogP contribution in [0.15, 0.2) is 30.6 Å². The summed E-state index contributed by atoms with van der Waals surface area (Å²) >= 11 is 0. The van der Waals surface area contributed by atoms with Crippen molar-refractivity contribution in [3.63, 3.8) is 0 Å². The van der Waals surface area contributed by atoms with E-state index in [0.717, 1.165) is 29.8 Å². The Balaban J connectivity index is 2.21. The lowest BCUT2D eigenvalue weighted by Gasteiger charge is -2.20. The second kappa shape index (κ2) is 4.78. The van der Waals surface area contributed by atoms with Gasteiger partial charge in [0.25, 0.3) is 5.91 Å². The Morgan fingerprint density at radius 3 is 2.84 bits per heavy atom. The first-order chi connectivity index (χ1) is 9.25. The van der Waals surface area contributed by atoms with Crippen LogP contribution in [0.5, 0.6) is 0 Å². The summed E-state index contributed by atoms with van der Waals surface area (Å²) < 4.78 is 0. The maximum absolute atomic E-state index is 11.4. The molecule has 0 bridgehead atoms. The van der Waals surface area contributed by atoms with Gasteiger partial charge in [0.1, 0.15) is 5.69 Å². The van der Waals surface area contributed by atoms with Gasteiger partial charge in [0, 0.05) is 18.9 Å². The molecule has 2 aromatic rings. The van der Waals surface area contributed by atoms with Crippen molar-refractivity contribution in [3.05, 3.63) is 47.5 Å². The molecule has 3 rings (SSSR count). The Labute approximate surface area is 110 Å². The fourth-order valence-corrected chi connectivity index (χ4v) is 2.39. The first-order valence-electron chi connectivity index (χ1n) is 6.19. The van der Waals surface area contributed by atoms with E-state index in [9.17, 15) is 4.79 Å². The number of hydrogen-bond donors (Lipinski definition) is 2. The van der Waals surface area contributed by atoms with Crippen LogP contribution >= 0.6 is 0 Å². The molecule has 0 saturated heterocycles. The zero-order valence-corrected chi connectivity index (χ0v) is 10.4. The summed E-state index contributed by atoms with van der Waals surface area (Å²) in [6.45, 7) is 1.59. The molecule has 19 heavy (non-hydrogen) atoms. The third-order valence-electron chi connectivity index (χ3n) is 3.30. The van der Waals surface area contributed by atoms with E-state index in [2.05, 4.69) is 15.3 Å². The molecule has 0 spiro atoms. The summed E-state index contributed by atoms with van der Waals surface area (Å²) in [7, 11) is 0. The summed E-state index contributed by atoms with van der Waals surface area (Å²) in [6.07, 6.45) is 4.39. The molecule has 3 N–H and O–H groups in total. The molecule has 0 radical (unpaired) electrons. The molecule has 0 atom stereocenters. The van der Waals surface area contributed by atoms with Crippen LogP contribution in [0.4, 0.5) is 0 Å². The molecule has 5 nitrogen and oxygen atoms in total.